The highest BCUT2D eigenvalue weighted by Gasteiger charge is 2.40. The number of benzene rings is 1. The van der Waals surface area contributed by atoms with Gasteiger partial charge >= 0.3 is 0 Å². The minimum Gasteiger partial charge on any atom is -0.319 e. The van der Waals surface area contributed by atoms with Crippen molar-refractivity contribution in [2.24, 2.45) is 11.3 Å². The van der Waals surface area contributed by atoms with E-state index >= 15 is 0 Å². The highest BCUT2D eigenvalue weighted by molar-refractivity contribution is 14.1. The Bertz CT molecular complexity index is 342. The lowest BCUT2D eigenvalue weighted by molar-refractivity contribution is 0.263. The molecule has 1 aromatic carbocycles. The highest BCUT2D eigenvalue weighted by atomic mass is 127. The fourth-order valence-electron chi connectivity index (χ4n) is 2.60. The smallest absolute Gasteiger partial charge is 0.0130 e. The zero-order chi connectivity index (χ0) is 11.6. The van der Waals surface area contributed by atoms with E-state index < -0.39 is 0 Å². The van der Waals surface area contributed by atoms with Gasteiger partial charge in [0.15, 0.2) is 0 Å². The number of hydrogen-bond acceptors (Lipinski definition) is 1. The first kappa shape index (κ1) is 12.4. The zero-order valence-corrected chi connectivity index (χ0v) is 12.3. The van der Waals surface area contributed by atoms with E-state index in [1.54, 1.807) is 0 Å². The van der Waals surface area contributed by atoms with Crippen molar-refractivity contribution < 1.29 is 0 Å². The molecule has 1 aromatic rings. The Balaban J connectivity index is 2.07. The van der Waals surface area contributed by atoms with Crippen LogP contribution in [0.1, 0.15) is 25.3 Å². The average Bonchev–Trinajstić information content (AvgIpc) is 3.05. The van der Waals surface area contributed by atoms with Gasteiger partial charge in [0.1, 0.15) is 0 Å². The van der Waals surface area contributed by atoms with Crippen LogP contribution in [0.15, 0.2) is 24.3 Å². The Morgan fingerprint density at radius 2 is 1.94 bits per heavy atom. The maximum atomic E-state index is 3.36. The van der Waals surface area contributed by atoms with Crippen LogP contribution in [0.25, 0.3) is 0 Å². The molecule has 0 aromatic heterocycles. The number of rotatable bonds is 5. The molecule has 0 radical (unpaired) electrons. The molecule has 1 nitrogen and oxygen atoms in total. The lowest BCUT2D eigenvalue weighted by Gasteiger charge is -2.29. The summed E-state index contributed by atoms with van der Waals surface area (Å²) in [6, 6.07) is 8.97. The van der Waals surface area contributed by atoms with Crippen LogP contribution in [-0.2, 0) is 6.42 Å². The minimum atomic E-state index is 0.446. The molecule has 1 unspecified atom stereocenters. The van der Waals surface area contributed by atoms with Gasteiger partial charge in [0.25, 0.3) is 0 Å². The van der Waals surface area contributed by atoms with E-state index in [0.717, 1.165) is 12.5 Å². The standard InChI is InChI=1S/C14H20IN/c1-14(10-16-2,12-5-6-12)9-11-3-7-13(15)8-4-11/h3-4,7-8,12,16H,5-6,9-10H2,1-2H3. The largest absolute Gasteiger partial charge is 0.319 e. The van der Waals surface area contributed by atoms with Crippen LogP contribution < -0.4 is 5.32 Å². The van der Waals surface area contributed by atoms with Crippen molar-refractivity contribution in [3.63, 3.8) is 0 Å². The van der Waals surface area contributed by atoms with E-state index in [-0.39, 0.29) is 0 Å². The van der Waals surface area contributed by atoms with Gasteiger partial charge in [0.05, 0.1) is 0 Å². The normalized spacial score (nSPS) is 19.4. The average molecular weight is 329 g/mol. The molecule has 1 atom stereocenters. The minimum absolute atomic E-state index is 0.446. The van der Waals surface area contributed by atoms with Crippen molar-refractivity contribution in [1.82, 2.24) is 5.32 Å². The molecule has 2 heteroatoms. The van der Waals surface area contributed by atoms with Gasteiger partial charge < -0.3 is 5.32 Å². The molecule has 1 saturated carbocycles. The Hall–Kier alpha value is -0.0900. The third kappa shape index (κ3) is 2.98. The van der Waals surface area contributed by atoms with Crippen LogP contribution in [0.3, 0.4) is 0 Å². The van der Waals surface area contributed by atoms with Crippen LogP contribution in [0.4, 0.5) is 0 Å². The van der Waals surface area contributed by atoms with Crippen LogP contribution in [0.5, 0.6) is 0 Å². The lowest BCUT2D eigenvalue weighted by Crippen LogP contribution is -2.33. The summed E-state index contributed by atoms with van der Waals surface area (Å²) in [6.45, 7) is 3.56. The summed E-state index contributed by atoms with van der Waals surface area (Å²) in [7, 11) is 2.06. The van der Waals surface area contributed by atoms with E-state index in [0.29, 0.717) is 5.41 Å². The summed E-state index contributed by atoms with van der Waals surface area (Å²) in [4.78, 5) is 0. The van der Waals surface area contributed by atoms with Crippen molar-refractivity contribution in [2.45, 2.75) is 26.2 Å². The molecule has 0 spiro atoms. The molecule has 1 fully saturated rings. The predicted molar refractivity (Wildman–Crippen MR) is 77.6 cm³/mol. The molecular formula is C14H20IN. The van der Waals surface area contributed by atoms with E-state index in [1.807, 2.05) is 0 Å². The number of halogens is 1. The monoisotopic (exact) mass is 329 g/mol. The highest BCUT2D eigenvalue weighted by Crippen LogP contribution is 2.47. The summed E-state index contributed by atoms with van der Waals surface area (Å²) in [5.74, 6) is 0.930. The van der Waals surface area contributed by atoms with Gasteiger partial charge in [-0.15, -0.1) is 0 Å². The van der Waals surface area contributed by atoms with Gasteiger partial charge in [-0.3, -0.25) is 0 Å². The molecule has 0 saturated heterocycles. The fraction of sp³-hybridized carbons (Fsp3) is 0.571. The molecular weight excluding hydrogens is 309 g/mol. The molecule has 0 amide bonds. The third-order valence-corrected chi connectivity index (χ3v) is 4.38. The first-order valence-electron chi connectivity index (χ1n) is 6.03. The second kappa shape index (κ2) is 5.05. The molecule has 0 heterocycles. The Labute approximate surface area is 112 Å². The van der Waals surface area contributed by atoms with Gasteiger partial charge in [-0.25, -0.2) is 0 Å². The molecule has 1 aliphatic rings. The van der Waals surface area contributed by atoms with E-state index in [1.165, 1.54) is 28.4 Å². The van der Waals surface area contributed by atoms with Gasteiger partial charge in [0.2, 0.25) is 0 Å². The van der Waals surface area contributed by atoms with Gasteiger partial charge in [-0.1, -0.05) is 19.1 Å². The Morgan fingerprint density at radius 1 is 1.31 bits per heavy atom. The van der Waals surface area contributed by atoms with Gasteiger partial charge in [-0.2, -0.15) is 0 Å². The van der Waals surface area contributed by atoms with E-state index in [4.69, 9.17) is 0 Å². The number of hydrogen-bond donors (Lipinski definition) is 1. The summed E-state index contributed by atoms with van der Waals surface area (Å²) in [6.07, 6.45) is 4.04. The second-order valence-corrected chi connectivity index (χ2v) is 6.51. The van der Waals surface area contributed by atoms with Crippen LogP contribution >= 0.6 is 22.6 Å². The predicted octanol–water partition coefficient (Wildman–Crippen LogP) is 3.47. The molecule has 0 aliphatic heterocycles. The lowest BCUT2D eigenvalue weighted by atomic mass is 9.79. The summed E-state index contributed by atoms with van der Waals surface area (Å²) in [5.41, 5.74) is 1.92. The Kier molecular flexibility index (Phi) is 3.90. The number of nitrogens with one attached hydrogen (secondary N) is 1. The van der Waals surface area contributed by atoms with Gasteiger partial charge in [-0.05, 0) is 77.9 Å². The SMILES string of the molecule is CNCC(C)(Cc1ccc(I)cc1)C1CC1. The van der Waals surface area contributed by atoms with E-state index in [9.17, 15) is 0 Å². The second-order valence-electron chi connectivity index (χ2n) is 5.26. The van der Waals surface area contributed by atoms with Crippen molar-refractivity contribution in [3.8, 4) is 0 Å². The van der Waals surface area contributed by atoms with Crippen LogP contribution in [0.2, 0.25) is 0 Å². The Morgan fingerprint density at radius 3 is 2.44 bits per heavy atom. The fourth-order valence-corrected chi connectivity index (χ4v) is 2.96. The first-order chi connectivity index (χ1) is 7.64. The molecule has 1 N–H and O–H groups in total. The summed E-state index contributed by atoms with van der Waals surface area (Å²) < 4.78 is 1.32. The quantitative estimate of drug-likeness (QED) is 0.816. The topological polar surface area (TPSA) is 12.0 Å². The van der Waals surface area contributed by atoms with Gasteiger partial charge in [0, 0.05) is 10.1 Å². The van der Waals surface area contributed by atoms with Crippen LogP contribution in [-0.4, -0.2) is 13.6 Å². The first-order valence-corrected chi connectivity index (χ1v) is 7.11. The molecule has 0 bridgehead atoms. The van der Waals surface area contributed by atoms with Crippen molar-refractivity contribution in [3.05, 3.63) is 33.4 Å². The summed E-state index contributed by atoms with van der Waals surface area (Å²) >= 11 is 2.36. The van der Waals surface area contributed by atoms with Crippen molar-refractivity contribution >= 4 is 22.6 Å². The maximum Gasteiger partial charge on any atom is 0.0130 e. The van der Waals surface area contributed by atoms with E-state index in [2.05, 4.69) is 66.1 Å². The molecule has 88 valence electrons. The third-order valence-electron chi connectivity index (χ3n) is 3.66. The maximum absolute atomic E-state index is 3.36. The van der Waals surface area contributed by atoms with Crippen molar-refractivity contribution in [2.75, 3.05) is 13.6 Å². The zero-order valence-electron chi connectivity index (χ0n) is 10.1. The van der Waals surface area contributed by atoms with Crippen molar-refractivity contribution in [1.29, 1.82) is 0 Å². The molecule has 2 rings (SSSR count). The molecule has 1 aliphatic carbocycles. The summed E-state index contributed by atoms with van der Waals surface area (Å²) in [5, 5.41) is 3.36. The van der Waals surface area contributed by atoms with Crippen LogP contribution in [0, 0.1) is 14.9 Å². The molecule has 16 heavy (non-hydrogen) atoms.